The maximum absolute atomic E-state index is 13.0. The van der Waals surface area contributed by atoms with Crippen molar-refractivity contribution in [1.29, 1.82) is 0 Å². The van der Waals surface area contributed by atoms with E-state index in [0.29, 0.717) is 143 Å². The van der Waals surface area contributed by atoms with Crippen molar-refractivity contribution in [3.8, 4) is 0 Å². The van der Waals surface area contributed by atoms with E-state index in [1.807, 2.05) is 0 Å². The highest BCUT2D eigenvalue weighted by Gasteiger charge is 2.19. The van der Waals surface area contributed by atoms with Gasteiger partial charge in [-0.1, -0.05) is 0 Å². The first-order chi connectivity index (χ1) is 53.4. The Morgan fingerprint density at radius 2 is 0.495 bits per heavy atom. The van der Waals surface area contributed by atoms with Gasteiger partial charge in [-0.05, 0) is 159 Å². The molecular formula is C75H85N27O9. The highest BCUT2D eigenvalue weighted by Crippen LogP contribution is 2.27. The van der Waals surface area contributed by atoms with Gasteiger partial charge in [-0.25, -0.2) is 0 Å². The van der Waals surface area contributed by atoms with Crippen molar-refractivity contribution >= 4 is 159 Å². The number of carbonyl (C=O) groups is 9. The van der Waals surface area contributed by atoms with Crippen LogP contribution in [-0.4, -0.2) is 185 Å². The van der Waals surface area contributed by atoms with E-state index in [2.05, 4.69) is 97.7 Å². The van der Waals surface area contributed by atoms with E-state index in [9.17, 15) is 43.2 Å². The summed E-state index contributed by atoms with van der Waals surface area (Å²) in [5.74, 6) is -1.71. The molecule has 36 heteroatoms. The van der Waals surface area contributed by atoms with Gasteiger partial charge in [-0.3, -0.25) is 63.1 Å². The van der Waals surface area contributed by atoms with Gasteiger partial charge in [0, 0.05) is 152 Å². The molecule has 0 bridgehead atoms. The summed E-state index contributed by atoms with van der Waals surface area (Å²) in [6.07, 6.45) is 0. The number of rotatable bonds is 28. The first kappa shape index (κ1) is 78.8. The molecule has 0 saturated carbocycles. The number of aromatic amines is 6. The van der Waals surface area contributed by atoms with Crippen LogP contribution in [0.15, 0.2) is 166 Å². The van der Waals surface area contributed by atoms with E-state index in [0.717, 1.165) is 54.5 Å². The van der Waals surface area contributed by atoms with E-state index in [1.165, 1.54) is 0 Å². The molecule has 0 unspecified atom stereocenters. The van der Waals surface area contributed by atoms with Crippen LogP contribution in [0.5, 0.6) is 0 Å². The molecule has 9 amide bonds. The third-order valence-corrected chi connectivity index (χ3v) is 16.5. The molecule has 0 aliphatic rings. The molecule has 0 atom stereocenters. The molecule has 0 aliphatic carbocycles. The lowest BCUT2D eigenvalue weighted by molar-refractivity contribution is 0.0942. The molecule has 0 aliphatic heterocycles. The Morgan fingerprint density at radius 3 is 0.721 bits per heavy atom. The number of carbonyl (C=O) groups excluding carboxylic acids is 9. The first-order valence-electron chi connectivity index (χ1n) is 34.8. The first-order valence-corrected chi connectivity index (χ1v) is 34.8. The van der Waals surface area contributed by atoms with E-state index >= 15 is 0 Å². The summed E-state index contributed by atoms with van der Waals surface area (Å²) in [5.41, 5.74) is 52.7. The molecule has 111 heavy (non-hydrogen) atoms. The van der Waals surface area contributed by atoms with Crippen molar-refractivity contribution in [3.63, 3.8) is 0 Å². The second-order valence-corrected chi connectivity index (χ2v) is 25.0. The number of H-pyrrole nitrogens is 6. The molecule has 6 aromatic carbocycles. The Bertz CT molecular complexity index is 5360. The van der Waals surface area contributed by atoms with Crippen LogP contribution in [0.3, 0.4) is 0 Å². The van der Waals surface area contributed by atoms with Crippen LogP contribution >= 0.6 is 0 Å². The standard InChI is InChI=1S/C27H31N9O3.C25H29N11O3.C23H25N7O3/c1-15(28)30-7-9-32-26(38)23-13-18-11-17(3-5-21(18)35-23)25(37)34-20-4-6-22-19(12-20)14-24(36-22)27(39)33-10-8-31-16(2)29;26-24(27)32-7-5-30-22(38)19-11-14-9-13(1-3-17(14)35-19)21(37)34-16-2-4-18-15(10-16)12-20(36-18)23(39)31-6-8-33-25(28)29;24-5-7-26-22(32)19-11-14-9-13(1-3-17(14)29-19)21(31)28-16-2-4-18-15(10-16)12-20(30-18)23(33)27-8-6-25/h3-6,11-14,35-36H,7-10H2,1-2H3,(H2,28,30)(H2,29,31)(H,32,38)(H,33,39)(H,34,37);1-4,9-12,35-36H,5-8H2,(H,30,38)(H,31,39)(H,34,37)(H4,26,27,32)(H4,28,29,33);1-4,9-12,29-30H,5-8,24-25H2,(H,26,32)(H,27,33)(H,28,31). The number of amides is 9. The van der Waals surface area contributed by atoms with E-state index < -0.39 is 0 Å². The van der Waals surface area contributed by atoms with Crippen LogP contribution in [0.1, 0.15) is 108 Å². The van der Waals surface area contributed by atoms with Gasteiger partial charge in [0.05, 0.1) is 37.9 Å². The van der Waals surface area contributed by atoms with Crippen molar-refractivity contribution in [2.75, 3.05) is 94.5 Å². The number of nitrogens with one attached hydrogen (secondary N) is 15. The maximum atomic E-state index is 13.0. The van der Waals surface area contributed by atoms with Crippen LogP contribution in [0, 0.1) is 0 Å². The molecule has 12 rings (SSSR count). The van der Waals surface area contributed by atoms with Gasteiger partial charge in [0.15, 0.2) is 11.9 Å². The lowest BCUT2D eigenvalue weighted by atomic mass is 10.1. The van der Waals surface area contributed by atoms with Gasteiger partial charge < -0.3 is 124 Å². The highest BCUT2D eigenvalue weighted by atomic mass is 16.2. The molecule has 12 aromatic rings. The van der Waals surface area contributed by atoms with Crippen molar-refractivity contribution in [2.45, 2.75) is 13.8 Å². The topological polar surface area (TPSA) is 614 Å². The number of anilines is 3. The number of guanidine groups is 2. The number of nitrogens with zero attached hydrogens (tertiary/aromatic N) is 4. The SMILES string of the molecule is CC(N)=NCCNC(=O)c1cc2cc(NC(=O)c3ccc4[nH]c(C(=O)NCCN=C(C)N)cc4c3)ccc2[nH]1.NC(N)=NCCNC(=O)c1cc2cc(NC(=O)c3ccc4[nH]c(C(=O)NCCN=C(N)N)cc4c3)ccc2[nH]1.NCCNC(=O)c1cc2cc(NC(=O)c3ccc4[nH]c(C(=O)NCCN)cc4c3)ccc2[nH]1. The largest absolute Gasteiger partial charge is 0.388 e. The minimum Gasteiger partial charge on any atom is -0.388 e. The number of fused-ring (bicyclic) bond motifs is 6. The third kappa shape index (κ3) is 21.7. The number of benzene rings is 6. The normalized spacial score (nSPS) is 11.2. The van der Waals surface area contributed by atoms with Crippen LogP contribution in [0.25, 0.3) is 65.4 Å². The van der Waals surface area contributed by atoms with Gasteiger partial charge in [-0.2, -0.15) is 0 Å². The van der Waals surface area contributed by atoms with E-state index in [1.54, 1.807) is 159 Å². The minimum absolute atomic E-state index is 0.0399. The molecular weight excluding hydrogens is 1420 g/mol. The lowest BCUT2D eigenvalue weighted by Crippen LogP contribution is -2.29. The zero-order valence-corrected chi connectivity index (χ0v) is 60.4. The van der Waals surface area contributed by atoms with Gasteiger partial charge in [0.25, 0.3) is 53.2 Å². The lowest BCUT2D eigenvalue weighted by Gasteiger charge is -2.05. The summed E-state index contributed by atoms with van der Waals surface area (Å²) < 4.78 is 0. The van der Waals surface area contributed by atoms with Crippen molar-refractivity contribution in [2.24, 2.45) is 65.8 Å². The van der Waals surface area contributed by atoms with Crippen molar-refractivity contribution in [1.82, 2.24) is 61.8 Å². The molecule has 574 valence electrons. The Morgan fingerprint density at radius 1 is 0.279 bits per heavy atom. The Hall–Kier alpha value is -14.8. The molecule has 6 aromatic heterocycles. The predicted molar refractivity (Wildman–Crippen MR) is 431 cm³/mol. The number of hydrogen-bond donors (Lipinski definition) is 23. The summed E-state index contributed by atoms with van der Waals surface area (Å²) >= 11 is 0. The summed E-state index contributed by atoms with van der Waals surface area (Å²) in [7, 11) is 0. The number of hydrogen-bond acceptors (Lipinski definition) is 15. The minimum atomic E-state index is -0.325. The van der Waals surface area contributed by atoms with Crippen LogP contribution in [-0.2, 0) is 0 Å². The fourth-order valence-electron chi connectivity index (χ4n) is 11.3. The average molecular weight is 1510 g/mol. The molecule has 0 saturated heterocycles. The van der Waals surface area contributed by atoms with E-state index in [-0.39, 0.29) is 91.3 Å². The fourth-order valence-corrected chi connectivity index (χ4v) is 11.3. The Balaban J connectivity index is 0.000000178. The number of amidine groups is 2. The predicted octanol–water partition coefficient (Wildman–Crippen LogP) is 3.30. The van der Waals surface area contributed by atoms with Crippen molar-refractivity contribution in [3.05, 3.63) is 196 Å². The fraction of sp³-hybridized carbons (Fsp3) is 0.187. The second kappa shape index (κ2) is 36.9. The molecule has 0 radical (unpaired) electrons. The average Bonchev–Trinajstić information content (AvgIpc) is 1.70. The third-order valence-electron chi connectivity index (χ3n) is 16.5. The maximum Gasteiger partial charge on any atom is 0.267 e. The second-order valence-electron chi connectivity index (χ2n) is 25.0. The monoisotopic (exact) mass is 1510 g/mol. The van der Waals surface area contributed by atoms with Crippen LogP contribution < -0.4 is 93.7 Å². The van der Waals surface area contributed by atoms with E-state index in [4.69, 9.17) is 45.9 Å². The molecule has 31 N–H and O–H groups in total. The van der Waals surface area contributed by atoms with Gasteiger partial charge in [-0.15, -0.1) is 0 Å². The number of aromatic nitrogens is 6. The highest BCUT2D eigenvalue weighted by molar-refractivity contribution is 6.12. The molecule has 0 spiro atoms. The van der Waals surface area contributed by atoms with Crippen molar-refractivity contribution < 1.29 is 43.2 Å². The van der Waals surface area contributed by atoms with Gasteiger partial charge >= 0.3 is 0 Å². The molecule has 36 nitrogen and oxygen atoms in total. The summed E-state index contributed by atoms with van der Waals surface area (Å²) in [4.78, 5) is 147. The molecule has 6 heterocycles. The number of aliphatic imine (C=N–C) groups is 4. The molecule has 0 fully saturated rings. The quantitative estimate of drug-likeness (QED) is 0.0190. The smallest absolute Gasteiger partial charge is 0.267 e. The van der Waals surface area contributed by atoms with Gasteiger partial charge in [0.2, 0.25) is 0 Å². The Kier molecular flexibility index (Phi) is 26.2. The van der Waals surface area contributed by atoms with Crippen LogP contribution in [0.2, 0.25) is 0 Å². The summed E-state index contributed by atoms with van der Waals surface area (Å²) in [5, 5.41) is 29.5. The Labute approximate surface area is 632 Å². The summed E-state index contributed by atoms with van der Waals surface area (Å²) in [6.45, 7) is 7.48. The number of nitrogens with two attached hydrogens (primary N) is 8. The van der Waals surface area contributed by atoms with Gasteiger partial charge in [0.1, 0.15) is 34.2 Å². The zero-order chi connectivity index (χ0) is 79.3. The zero-order valence-electron chi connectivity index (χ0n) is 60.4. The van der Waals surface area contributed by atoms with Crippen LogP contribution in [0.4, 0.5) is 17.1 Å². The summed E-state index contributed by atoms with van der Waals surface area (Å²) in [6, 6.07) is 41.5.